The zero-order valence-electron chi connectivity index (χ0n) is 15.7. The molecule has 0 aliphatic heterocycles. The average molecular weight is 405 g/mol. The van der Waals surface area contributed by atoms with Crippen LogP contribution >= 0.6 is 11.9 Å². The van der Waals surface area contributed by atoms with E-state index < -0.39 is 0 Å². The molecule has 0 aliphatic carbocycles. The molecule has 144 valence electrons. The smallest absolute Gasteiger partial charge is 0.237 e. The van der Waals surface area contributed by atoms with Crippen LogP contribution in [0.2, 0.25) is 0 Å². The zero-order valence-corrected chi connectivity index (χ0v) is 16.5. The number of hydrogen-bond donors (Lipinski definition) is 1. The van der Waals surface area contributed by atoms with Crippen LogP contribution in [-0.4, -0.2) is 26.7 Å². The summed E-state index contributed by atoms with van der Waals surface area (Å²) in [5, 5.41) is 4.64. The van der Waals surface area contributed by atoms with Crippen LogP contribution in [-0.2, 0) is 0 Å². The molecule has 4 rings (SSSR count). The van der Waals surface area contributed by atoms with Crippen LogP contribution in [0.5, 0.6) is 5.88 Å². The van der Waals surface area contributed by atoms with E-state index >= 15 is 0 Å². The number of imidazole rings is 1. The third-order valence-electron chi connectivity index (χ3n) is 4.05. The number of nitrogens with one attached hydrogen (secondary N) is 1. The number of anilines is 1. The number of hydrogen-bond acceptors (Lipinski definition) is 6. The summed E-state index contributed by atoms with van der Waals surface area (Å²) >= 11 is 1.34. The molecule has 0 unspecified atom stereocenters. The lowest BCUT2D eigenvalue weighted by Gasteiger charge is -2.11. The Bertz CT molecular complexity index is 1230. The molecule has 0 amide bonds. The molecule has 29 heavy (non-hydrogen) atoms. The number of nitrogens with zero attached hydrogens (tertiary/aromatic N) is 4. The molecule has 8 heteroatoms. The van der Waals surface area contributed by atoms with Crippen molar-refractivity contribution in [3.63, 3.8) is 0 Å². The van der Waals surface area contributed by atoms with Gasteiger partial charge in [-0.15, -0.1) is 0 Å². The van der Waals surface area contributed by atoms with Crippen molar-refractivity contribution in [2.75, 3.05) is 11.8 Å². The van der Waals surface area contributed by atoms with Crippen molar-refractivity contribution in [2.24, 2.45) is 0 Å². The summed E-state index contributed by atoms with van der Waals surface area (Å²) in [5.74, 6) is 6.03. The molecule has 1 aromatic carbocycles. The third kappa shape index (κ3) is 4.00. The number of halogens is 1. The maximum absolute atomic E-state index is 13.1. The van der Waals surface area contributed by atoms with Gasteiger partial charge in [0.25, 0.3) is 0 Å². The van der Waals surface area contributed by atoms with Crippen LogP contribution in [0.15, 0.2) is 59.8 Å². The minimum atomic E-state index is -0.274. The first-order valence-electron chi connectivity index (χ1n) is 8.68. The van der Waals surface area contributed by atoms with Gasteiger partial charge in [0.15, 0.2) is 5.65 Å². The van der Waals surface area contributed by atoms with Gasteiger partial charge in [0.2, 0.25) is 5.88 Å². The topological polar surface area (TPSA) is 64.3 Å². The summed E-state index contributed by atoms with van der Waals surface area (Å²) in [7, 11) is 1.56. The van der Waals surface area contributed by atoms with Crippen LogP contribution in [0.25, 0.3) is 16.9 Å². The van der Waals surface area contributed by atoms with Crippen molar-refractivity contribution in [3.8, 4) is 29.0 Å². The van der Waals surface area contributed by atoms with Gasteiger partial charge in [-0.1, -0.05) is 5.92 Å². The van der Waals surface area contributed by atoms with E-state index in [0.717, 1.165) is 27.5 Å². The molecule has 0 spiro atoms. The first-order chi connectivity index (χ1) is 14.2. The minimum Gasteiger partial charge on any atom is -0.480 e. The van der Waals surface area contributed by atoms with Crippen molar-refractivity contribution in [1.82, 2.24) is 19.6 Å². The van der Waals surface area contributed by atoms with Crippen molar-refractivity contribution in [1.29, 1.82) is 0 Å². The van der Waals surface area contributed by atoms with Crippen LogP contribution in [0, 0.1) is 17.7 Å². The molecule has 4 aromatic rings. The summed E-state index contributed by atoms with van der Waals surface area (Å²) in [4.78, 5) is 9.54. The van der Waals surface area contributed by atoms with Crippen LogP contribution in [0.4, 0.5) is 10.1 Å². The Morgan fingerprint density at radius 2 is 1.93 bits per heavy atom. The molecule has 0 atom stereocenters. The summed E-state index contributed by atoms with van der Waals surface area (Å²) < 4.78 is 23.4. The second-order valence-electron chi connectivity index (χ2n) is 5.95. The molecule has 1 N–H and O–H groups in total. The first kappa shape index (κ1) is 18.8. The normalized spacial score (nSPS) is 10.4. The van der Waals surface area contributed by atoms with E-state index in [0.29, 0.717) is 11.6 Å². The zero-order chi connectivity index (χ0) is 20.2. The minimum absolute atomic E-state index is 0.274. The SMILES string of the molecule is CC#Cc1cnc2ccc(-c3cnc(OC)c(NSc4ccc(F)cc4)c3)nn12. The molecule has 3 heterocycles. The Morgan fingerprint density at radius 3 is 2.69 bits per heavy atom. The van der Waals surface area contributed by atoms with Gasteiger partial charge in [-0.25, -0.2) is 18.9 Å². The van der Waals surface area contributed by atoms with Crippen LogP contribution < -0.4 is 9.46 Å². The van der Waals surface area contributed by atoms with Gasteiger partial charge in [0, 0.05) is 16.7 Å². The summed E-state index contributed by atoms with van der Waals surface area (Å²) in [6.07, 6.45) is 3.39. The Morgan fingerprint density at radius 1 is 1.10 bits per heavy atom. The number of methoxy groups -OCH3 is 1. The summed E-state index contributed by atoms with van der Waals surface area (Å²) in [5.41, 5.74) is 3.65. The van der Waals surface area contributed by atoms with Gasteiger partial charge in [-0.2, -0.15) is 5.10 Å². The van der Waals surface area contributed by atoms with Crippen molar-refractivity contribution in [2.45, 2.75) is 11.8 Å². The number of ether oxygens (including phenoxy) is 1. The van der Waals surface area contributed by atoms with E-state index in [-0.39, 0.29) is 5.82 Å². The van der Waals surface area contributed by atoms with Gasteiger partial charge in [0.05, 0.1) is 19.0 Å². The molecule has 0 bridgehead atoms. The standard InChI is InChI=1S/C21H16FN5OS/c1-3-4-16-13-23-20-10-9-18(25-27(16)20)14-11-19(21(28-2)24-12-14)26-29-17-7-5-15(22)6-8-17/h5-13,26H,1-2H3. The van der Waals surface area contributed by atoms with E-state index in [1.807, 2.05) is 18.2 Å². The van der Waals surface area contributed by atoms with E-state index in [1.165, 1.54) is 24.1 Å². The second-order valence-corrected chi connectivity index (χ2v) is 6.83. The fourth-order valence-corrected chi connectivity index (χ4v) is 3.33. The Labute approximate surface area is 171 Å². The molecule has 0 fully saturated rings. The third-order valence-corrected chi connectivity index (χ3v) is 4.88. The van der Waals surface area contributed by atoms with Crippen molar-refractivity contribution >= 4 is 23.3 Å². The van der Waals surface area contributed by atoms with Crippen molar-refractivity contribution in [3.05, 3.63) is 66.4 Å². The fourth-order valence-electron chi connectivity index (χ4n) is 2.69. The maximum atomic E-state index is 13.1. The van der Waals surface area contributed by atoms with E-state index in [4.69, 9.17) is 4.74 Å². The van der Waals surface area contributed by atoms with Crippen LogP contribution in [0.1, 0.15) is 12.6 Å². The molecule has 0 radical (unpaired) electrons. The molecule has 0 saturated heterocycles. The highest BCUT2D eigenvalue weighted by Gasteiger charge is 2.11. The second kappa shape index (κ2) is 8.20. The average Bonchev–Trinajstić information content (AvgIpc) is 3.15. The molecule has 6 nitrogen and oxygen atoms in total. The quantitative estimate of drug-likeness (QED) is 0.391. The molecular formula is C21H16FN5OS. The lowest BCUT2D eigenvalue weighted by Crippen LogP contribution is -1.99. The highest BCUT2D eigenvalue weighted by atomic mass is 32.2. The van der Waals surface area contributed by atoms with Gasteiger partial charge >= 0.3 is 0 Å². The lowest BCUT2D eigenvalue weighted by atomic mass is 10.2. The Hall–Kier alpha value is -3.57. The number of aromatic nitrogens is 4. The Balaban J connectivity index is 1.66. The summed E-state index contributed by atoms with van der Waals surface area (Å²) in [6.45, 7) is 1.77. The molecule has 0 aliphatic rings. The highest BCUT2D eigenvalue weighted by Crippen LogP contribution is 2.31. The van der Waals surface area contributed by atoms with E-state index in [1.54, 1.807) is 43.1 Å². The van der Waals surface area contributed by atoms with Crippen molar-refractivity contribution < 1.29 is 9.13 Å². The largest absolute Gasteiger partial charge is 0.480 e. The molecule has 0 saturated carbocycles. The predicted molar refractivity (Wildman–Crippen MR) is 111 cm³/mol. The van der Waals surface area contributed by atoms with Gasteiger partial charge in [-0.05, 0) is 67.3 Å². The predicted octanol–water partition coefficient (Wildman–Crippen LogP) is 4.43. The van der Waals surface area contributed by atoms with Crippen LogP contribution in [0.3, 0.4) is 0 Å². The monoisotopic (exact) mass is 405 g/mol. The fraction of sp³-hybridized carbons (Fsp3) is 0.0952. The van der Waals surface area contributed by atoms with E-state index in [9.17, 15) is 4.39 Å². The lowest BCUT2D eigenvalue weighted by molar-refractivity contribution is 0.400. The van der Waals surface area contributed by atoms with Gasteiger partial charge < -0.3 is 9.46 Å². The molecular weight excluding hydrogens is 389 g/mol. The first-order valence-corrected chi connectivity index (χ1v) is 9.50. The van der Waals surface area contributed by atoms with E-state index in [2.05, 4.69) is 31.6 Å². The number of benzene rings is 1. The Kier molecular flexibility index (Phi) is 5.31. The highest BCUT2D eigenvalue weighted by molar-refractivity contribution is 8.00. The number of rotatable bonds is 5. The van der Waals surface area contributed by atoms with Gasteiger partial charge in [-0.3, -0.25) is 0 Å². The molecule has 3 aromatic heterocycles. The maximum Gasteiger partial charge on any atom is 0.237 e. The number of fused-ring (bicyclic) bond motifs is 1. The van der Waals surface area contributed by atoms with Gasteiger partial charge in [0.1, 0.15) is 17.2 Å². The summed E-state index contributed by atoms with van der Waals surface area (Å²) in [6, 6.07) is 11.9. The number of pyridine rings is 1.